The number of rotatable bonds is 3. The number of nitrogens with zero attached hydrogens (tertiary/aromatic N) is 2. The molecule has 0 spiro atoms. The van der Waals surface area contributed by atoms with Gasteiger partial charge in [-0.3, -0.25) is 9.59 Å². The van der Waals surface area contributed by atoms with Gasteiger partial charge < -0.3 is 9.80 Å². The first-order chi connectivity index (χ1) is 14.2. The molecule has 2 heterocycles. The van der Waals surface area contributed by atoms with Crippen LogP contribution in [-0.2, 0) is 11.2 Å². The number of carbonyl (C=O) groups excluding carboxylic acids is 2. The fraction of sp³-hybridized carbons (Fsp3) is 0.250. The fourth-order valence-corrected chi connectivity index (χ4v) is 4.03. The zero-order valence-corrected chi connectivity index (χ0v) is 16.9. The zero-order valence-electron chi connectivity index (χ0n) is 16.9. The van der Waals surface area contributed by atoms with Crippen LogP contribution in [0.3, 0.4) is 0 Å². The number of hydrogen-bond donors (Lipinski definition) is 0. The molecule has 0 unspecified atom stereocenters. The Bertz CT molecular complexity index is 1190. The van der Waals surface area contributed by atoms with E-state index in [0.717, 1.165) is 37.7 Å². The number of anilines is 1. The van der Waals surface area contributed by atoms with Gasteiger partial charge >= 0.3 is 0 Å². The normalized spacial score (nSPS) is 18.8. The summed E-state index contributed by atoms with van der Waals surface area (Å²) in [5.74, 6) is -3.17. The number of alkyl halides is 2. The summed E-state index contributed by atoms with van der Waals surface area (Å²) < 4.78 is 26.4. The summed E-state index contributed by atoms with van der Waals surface area (Å²) in [6.07, 6.45) is 3.99. The maximum Gasteiger partial charge on any atom is 0.282 e. The Kier molecular flexibility index (Phi) is 4.80. The van der Waals surface area contributed by atoms with Crippen LogP contribution in [0.4, 0.5) is 14.5 Å². The highest BCUT2D eigenvalue weighted by molar-refractivity contribution is 6.01. The van der Waals surface area contributed by atoms with Gasteiger partial charge in [0.05, 0.1) is 19.5 Å². The lowest BCUT2D eigenvalue weighted by Crippen LogP contribution is -2.58. The summed E-state index contributed by atoms with van der Waals surface area (Å²) in [6, 6.07) is 11.0. The average molecular weight is 408 g/mol. The molecule has 0 N–H and O–H groups in total. The summed E-state index contributed by atoms with van der Waals surface area (Å²) in [4.78, 5) is 27.4. The molecular weight excluding hydrogens is 386 g/mol. The van der Waals surface area contributed by atoms with Crippen molar-refractivity contribution in [2.75, 3.05) is 25.0 Å². The minimum atomic E-state index is -2.80. The third kappa shape index (κ3) is 3.32. The zero-order chi connectivity index (χ0) is 21.6. The second-order valence-corrected chi connectivity index (χ2v) is 7.70. The molecule has 1 saturated heterocycles. The summed E-state index contributed by atoms with van der Waals surface area (Å²) in [6.45, 7) is 4.75. The maximum absolute atomic E-state index is 13.2. The van der Waals surface area contributed by atoms with E-state index in [2.05, 4.69) is 6.58 Å². The van der Waals surface area contributed by atoms with Crippen molar-refractivity contribution in [2.45, 2.75) is 19.3 Å². The predicted octanol–water partition coefficient (Wildman–Crippen LogP) is 2.48. The number of allylic oxidation sites excluding steroid dienone is 1. The van der Waals surface area contributed by atoms with Crippen LogP contribution in [0.2, 0.25) is 0 Å². The average Bonchev–Trinajstić information content (AvgIpc) is 2.99. The first kappa shape index (κ1) is 20.0. The molecule has 0 bridgehead atoms. The molecular formula is C24H22F2N2O2. The quantitative estimate of drug-likeness (QED) is 0.783. The van der Waals surface area contributed by atoms with E-state index < -0.39 is 24.9 Å². The molecule has 1 fully saturated rings. The molecule has 0 saturated carbocycles. The minimum Gasteiger partial charge on any atom is -0.326 e. The highest BCUT2D eigenvalue weighted by Gasteiger charge is 2.46. The van der Waals surface area contributed by atoms with Crippen LogP contribution < -0.4 is 15.3 Å². The lowest BCUT2D eigenvalue weighted by molar-refractivity contribution is -0.117. The number of fused-ring (bicyclic) bond motifs is 1. The van der Waals surface area contributed by atoms with Crippen LogP contribution >= 0.6 is 0 Å². The third-order valence-electron chi connectivity index (χ3n) is 5.70. The molecule has 30 heavy (non-hydrogen) atoms. The summed E-state index contributed by atoms with van der Waals surface area (Å²) in [7, 11) is 1.75. The molecule has 2 amide bonds. The summed E-state index contributed by atoms with van der Waals surface area (Å²) in [5, 5.41) is 1.70. The van der Waals surface area contributed by atoms with Gasteiger partial charge in [-0.05, 0) is 58.3 Å². The second-order valence-electron chi connectivity index (χ2n) is 7.70. The molecule has 0 aliphatic carbocycles. The molecule has 2 aromatic carbocycles. The SMILES string of the molecule is C=C/C(c1ccc2c(c1)CC(=O)N2C)=c1/cc(C(=O)N2CC(F)(F)C2)cc/c1=C/C. The minimum absolute atomic E-state index is 0.0452. The van der Waals surface area contributed by atoms with Gasteiger partial charge in [0.1, 0.15) is 0 Å². The van der Waals surface area contributed by atoms with E-state index in [-0.39, 0.29) is 5.91 Å². The van der Waals surface area contributed by atoms with Crippen molar-refractivity contribution in [2.24, 2.45) is 0 Å². The fourth-order valence-electron chi connectivity index (χ4n) is 4.03. The maximum atomic E-state index is 13.2. The Hall–Kier alpha value is -3.28. The van der Waals surface area contributed by atoms with E-state index in [1.807, 2.05) is 37.3 Å². The summed E-state index contributed by atoms with van der Waals surface area (Å²) in [5.41, 5.74) is 3.89. The van der Waals surface area contributed by atoms with E-state index in [1.165, 1.54) is 0 Å². The largest absolute Gasteiger partial charge is 0.326 e. The van der Waals surface area contributed by atoms with E-state index in [4.69, 9.17) is 0 Å². The van der Waals surface area contributed by atoms with Crippen molar-refractivity contribution in [1.82, 2.24) is 4.90 Å². The van der Waals surface area contributed by atoms with E-state index in [1.54, 1.807) is 30.2 Å². The van der Waals surface area contributed by atoms with Gasteiger partial charge in [0.15, 0.2) is 0 Å². The molecule has 0 atom stereocenters. The number of benzene rings is 2. The van der Waals surface area contributed by atoms with Crippen molar-refractivity contribution in [1.29, 1.82) is 0 Å². The topological polar surface area (TPSA) is 40.6 Å². The first-order valence-electron chi connectivity index (χ1n) is 9.74. The van der Waals surface area contributed by atoms with Gasteiger partial charge in [0.2, 0.25) is 5.91 Å². The number of amides is 2. The van der Waals surface area contributed by atoms with Crippen LogP contribution in [0.15, 0.2) is 49.1 Å². The van der Waals surface area contributed by atoms with E-state index in [0.29, 0.717) is 12.0 Å². The van der Waals surface area contributed by atoms with E-state index in [9.17, 15) is 18.4 Å². The molecule has 4 rings (SSSR count). The Balaban J connectivity index is 1.82. The Labute approximate surface area is 173 Å². The molecule has 6 heteroatoms. The van der Waals surface area contributed by atoms with Gasteiger partial charge in [-0.2, -0.15) is 0 Å². The van der Waals surface area contributed by atoms with E-state index >= 15 is 0 Å². The van der Waals surface area contributed by atoms with Crippen LogP contribution in [0.5, 0.6) is 0 Å². The Morgan fingerprint density at radius 1 is 1.13 bits per heavy atom. The van der Waals surface area contributed by atoms with Crippen LogP contribution in [0.25, 0.3) is 11.6 Å². The van der Waals surface area contributed by atoms with Crippen LogP contribution in [0, 0.1) is 0 Å². The number of halogens is 2. The Morgan fingerprint density at radius 2 is 1.83 bits per heavy atom. The monoisotopic (exact) mass is 408 g/mol. The van der Waals surface area contributed by atoms with Gasteiger partial charge in [0, 0.05) is 18.3 Å². The van der Waals surface area contributed by atoms with Gasteiger partial charge in [-0.1, -0.05) is 30.9 Å². The highest BCUT2D eigenvalue weighted by atomic mass is 19.3. The molecule has 2 aliphatic heterocycles. The third-order valence-corrected chi connectivity index (χ3v) is 5.70. The number of hydrogen-bond acceptors (Lipinski definition) is 2. The first-order valence-corrected chi connectivity index (χ1v) is 9.74. The van der Waals surface area contributed by atoms with Crippen molar-refractivity contribution in [3.63, 3.8) is 0 Å². The van der Waals surface area contributed by atoms with Crippen molar-refractivity contribution >= 4 is 29.2 Å². The molecule has 2 aliphatic rings. The molecule has 2 aromatic rings. The smallest absolute Gasteiger partial charge is 0.282 e. The Morgan fingerprint density at radius 3 is 2.47 bits per heavy atom. The van der Waals surface area contributed by atoms with Crippen LogP contribution in [-0.4, -0.2) is 42.8 Å². The summed E-state index contributed by atoms with van der Waals surface area (Å²) >= 11 is 0. The predicted molar refractivity (Wildman–Crippen MR) is 113 cm³/mol. The van der Waals surface area contributed by atoms with Crippen LogP contribution in [0.1, 0.15) is 28.4 Å². The lowest BCUT2D eigenvalue weighted by atomic mass is 9.97. The highest BCUT2D eigenvalue weighted by Crippen LogP contribution is 2.30. The molecule has 0 aromatic heterocycles. The number of likely N-dealkylation sites (tertiary alicyclic amines) is 1. The lowest BCUT2D eigenvalue weighted by Gasteiger charge is -2.38. The van der Waals surface area contributed by atoms with Gasteiger partial charge in [-0.25, -0.2) is 8.78 Å². The van der Waals surface area contributed by atoms with Crippen molar-refractivity contribution in [3.8, 4) is 0 Å². The van der Waals surface area contributed by atoms with Gasteiger partial charge in [0.25, 0.3) is 11.8 Å². The molecule has 4 nitrogen and oxygen atoms in total. The molecule has 154 valence electrons. The number of likely N-dealkylation sites (N-methyl/N-ethyl adjacent to an activating group) is 1. The van der Waals surface area contributed by atoms with Crippen molar-refractivity contribution in [3.05, 3.63) is 76.2 Å². The molecule has 0 radical (unpaired) electrons. The number of carbonyl (C=O) groups is 2. The van der Waals surface area contributed by atoms with Gasteiger partial charge in [-0.15, -0.1) is 0 Å². The van der Waals surface area contributed by atoms with Crippen molar-refractivity contribution < 1.29 is 18.4 Å². The standard InChI is InChI=1S/C24H22F2N2O2/c1-4-15-6-7-17(23(30)28-13-24(25,26)14-28)11-20(15)19(5-2)16-8-9-21-18(10-16)12-22(29)27(21)3/h4-11H,2,12-14H2,1,3H3/b15-4-,20-19+. The second kappa shape index (κ2) is 7.20.